The zero-order chi connectivity index (χ0) is 26.4. The number of aromatic nitrogens is 1. The van der Waals surface area contributed by atoms with Gasteiger partial charge in [-0.25, -0.2) is 4.39 Å². The van der Waals surface area contributed by atoms with Crippen LogP contribution in [0.5, 0.6) is 5.75 Å². The number of rotatable bonds is 11. The maximum Gasteiger partial charge on any atom is 0.308 e. The molecule has 8 heteroatoms. The van der Waals surface area contributed by atoms with Crippen molar-refractivity contribution in [1.29, 1.82) is 0 Å². The zero-order valence-electron chi connectivity index (χ0n) is 21.0. The molecule has 2 heterocycles. The minimum atomic E-state index is -1.19. The van der Waals surface area contributed by atoms with Crippen molar-refractivity contribution in [2.45, 2.75) is 44.7 Å². The Balaban J connectivity index is 1.30. The molecule has 3 aromatic rings. The van der Waals surface area contributed by atoms with Crippen LogP contribution < -0.4 is 4.74 Å². The van der Waals surface area contributed by atoms with Crippen molar-refractivity contribution in [3.8, 4) is 5.75 Å². The molecule has 4 rings (SSSR count). The molecular weight excluding hydrogens is 514 g/mol. The van der Waals surface area contributed by atoms with E-state index in [-0.39, 0.29) is 12.3 Å². The summed E-state index contributed by atoms with van der Waals surface area (Å²) in [7, 11) is 1.58. The van der Waals surface area contributed by atoms with Gasteiger partial charge in [-0.3, -0.25) is 9.78 Å². The molecule has 2 aromatic carbocycles. The monoisotopic (exact) mass is 546 g/mol. The predicted octanol–water partition coefficient (Wildman–Crippen LogP) is 7.39. The molecule has 0 unspecified atom stereocenters. The number of benzene rings is 2. The molecule has 1 fully saturated rings. The fourth-order valence-corrected chi connectivity index (χ4v) is 5.77. The van der Waals surface area contributed by atoms with E-state index in [1.807, 2.05) is 30.3 Å². The molecule has 1 N–H and O–H groups in total. The van der Waals surface area contributed by atoms with Crippen LogP contribution in [0.4, 0.5) is 4.39 Å². The van der Waals surface area contributed by atoms with Crippen LogP contribution in [0, 0.1) is 11.8 Å². The number of unbranched alkanes of at least 4 members (excludes halogenated alkanes) is 1. The number of halogens is 3. The Morgan fingerprint density at radius 2 is 2.08 bits per heavy atom. The molecule has 1 aliphatic rings. The number of methoxy groups -OCH3 is 1. The van der Waals surface area contributed by atoms with E-state index in [1.165, 1.54) is 0 Å². The van der Waals surface area contributed by atoms with E-state index in [4.69, 9.17) is 27.9 Å². The maximum atomic E-state index is 15.4. The summed E-state index contributed by atoms with van der Waals surface area (Å²) in [6.07, 6.45) is 4.74. The summed E-state index contributed by atoms with van der Waals surface area (Å²) in [6, 6.07) is 12.8. The topological polar surface area (TPSA) is 62.7 Å². The Kier molecular flexibility index (Phi) is 9.63. The van der Waals surface area contributed by atoms with Crippen molar-refractivity contribution < 1.29 is 19.0 Å². The van der Waals surface area contributed by atoms with Crippen molar-refractivity contribution in [2.24, 2.45) is 11.8 Å². The molecule has 1 saturated heterocycles. The third kappa shape index (κ3) is 6.92. The summed E-state index contributed by atoms with van der Waals surface area (Å²) in [4.78, 5) is 18.6. The number of hydrogen-bond acceptors (Lipinski definition) is 4. The Morgan fingerprint density at radius 1 is 1.24 bits per heavy atom. The molecule has 1 aromatic heterocycles. The van der Waals surface area contributed by atoms with Gasteiger partial charge in [0.1, 0.15) is 11.9 Å². The van der Waals surface area contributed by atoms with Gasteiger partial charge in [0.05, 0.1) is 28.6 Å². The summed E-state index contributed by atoms with van der Waals surface area (Å²) >= 11 is 12.4. The van der Waals surface area contributed by atoms with Gasteiger partial charge in [-0.1, -0.05) is 35.3 Å². The molecule has 0 spiro atoms. The Morgan fingerprint density at radius 3 is 2.86 bits per heavy atom. The van der Waals surface area contributed by atoms with Crippen LogP contribution in [-0.2, 0) is 11.2 Å². The zero-order valence-corrected chi connectivity index (χ0v) is 22.5. The van der Waals surface area contributed by atoms with Crippen LogP contribution in [0.3, 0.4) is 0 Å². The van der Waals surface area contributed by atoms with E-state index in [0.29, 0.717) is 34.3 Å². The average molecular weight is 547 g/mol. The molecule has 0 aliphatic carbocycles. The van der Waals surface area contributed by atoms with Gasteiger partial charge >= 0.3 is 5.97 Å². The highest BCUT2D eigenvalue weighted by Crippen LogP contribution is 2.35. The average Bonchev–Trinajstić information content (AvgIpc) is 2.91. The number of piperidine rings is 1. The maximum absolute atomic E-state index is 15.4. The summed E-state index contributed by atoms with van der Waals surface area (Å²) in [5, 5.41) is 11.8. The van der Waals surface area contributed by atoms with E-state index in [2.05, 4.69) is 9.88 Å². The van der Waals surface area contributed by atoms with Crippen molar-refractivity contribution in [3.05, 3.63) is 69.8 Å². The first-order valence-electron chi connectivity index (χ1n) is 12.8. The lowest BCUT2D eigenvalue weighted by molar-refractivity contribution is -0.146. The number of aliphatic carboxylic acids is 1. The van der Waals surface area contributed by atoms with Crippen LogP contribution in [0.15, 0.2) is 48.7 Å². The quantitative estimate of drug-likeness (QED) is 0.254. The minimum absolute atomic E-state index is 0.0418. The number of hydrogen-bond donors (Lipinski definition) is 1. The first kappa shape index (κ1) is 27.6. The van der Waals surface area contributed by atoms with Crippen LogP contribution in [-0.4, -0.2) is 47.7 Å². The van der Waals surface area contributed by atoms with Crippen LogP contribution in [0.2, 0.25) is 10.0 Å². The lowest BCUT2D eigenvalue weighted by Gasteiger charge is -2.37. The SMILES string of the molecule is COc1ccc2nccc([C@@H](F)CC[C@@H]3CCN(CCCCc4cccc(Cl)c4Cl)C[C@@H]3C(=O)O)c2c1. The standard InChI is InChI=1S/C29H33Cl2FN2O3/c1-37-21-9-11-27-23(17-21)22(12-14-33-27)26(32)10-8-19-13-16-34(18-24(19)29(35)36)15-3-2-5-20-6-4-7-25(30)28(20)31/h4,6-7,9,11-12,14,17,19,24,26H,2-3,5,8,10,13,15-16,18H2,1H3,(H,35,36)/t19-,24+,26+/m1/s1. The summed E-state index contributed by atoms with van der Waals surface area (Å²) in [5.41, 5.74) is 2.33. The second-order valence-corrected chi connectivity index (χ2v) is 10.6. The molecule has 5 nitrogen and oxygen atoms in total. The van der Waals surface area contributed by atoms with E-state index < -0.39 is 18.1 Å². The second-order valence-electron chi connectivity index (χ2n) is 9.79. The van der Waals surface area contributed by atoms with E-state index in [0.717, 1.165) is 55.2 Å². The van der Waals surface area contributed by atoms with E-state index >= 15 is 4.39 Å². The van der Waals surface area contributed by atoms with Gasteiger partial charge in [0, 0.05) is 18.1 Å². The third-order valence-electron chi connectivity index (χ3n) is 7.47. The second kappa shape index (κ2) is 12.9. The fourth-order valence-electron chi connectivity index (χ4n) is 5.35. The highest BCUT2D eigenvalue weighted by molar-refractivity contribution is 6.42. The molecule has 0 amide bonds. The Hall–Kier alpha value is -2.41. The molecule has 0 bridgehead atoms. The van der Waals surface area contributed by atoms with Crippen molar-refractivity contribution in [3.63, 3.8) is 0 Å². The Labute approximate surface area is 227 Å². The van der Waals surface area contributed by atoms with Gasteiger partial charge in [-0.05, 0) is 99.0 Å². The highest BCUT2D eigenvalue weighted by Gasteiger charge is 2.34. The number of ether oxygens (including phenoxy) is 1. The molecule has 198 valence electrons. The van der Waals surface area contributed by atoms with E-state index in [1.54, 1.807) is 25.4 Å². The van der Waals surface area contributed by atoms with Gasteiger partial charge in [0.2, 0.25) is 0 Å². The minimum Gasteiger partial charge on any atom is -0.497 e. The fraction of sp³-hybridized carbons (Fsp3) is 0.448. The van der Waals surface area contributed by atoms with Crippen molar-refractivity contribution in [1.82, 2.24) is 9.88 Å². The third-order valence-corrected chi connectivity index (χ3v) is 8.33. The smallest absolute Gasteiger partial charge is 0.308 e. The van der Waals surface area contributed by atoms with Crippen LogP contribution in [0.1, 0.15) is 49.4 Å². The van der Waals surface area contributed by atoms with Gasteiger partial charge in [-0.2, -0.15) is 0 Å². The highest BCUT2D eigenvalue weighted by atomic mass is 35.5. The number of fused-ring (bicyclic) bond motifs is 1. The summed E-state index contributed by atoms with van der Waals surface area (Å²) in [5.74, 6) is -0.671. The number of pyridine rings is 1. The first-order chi connectivity index (χ1) is 17.9. The summed E-state index contributed by atoms with van der Waals surface area (Å²) < 4.78 is 20.7. The van der Waals surface area contributed by atoms with Gasteiger partial charge in [0.15, 0.2) is 0 Å². The molecular formula is C29H33Cl2FN2O3. The largest absolute Gasteiger partial charge is 0.497 e. The number of alkyl halides is 1. The molecule has 37 heavy (non-hydrogen) atoms. The number of carboxylic acid groups (broad SMARTS) is 1. The molecule has 3 atom stereocenters. The van der Waals surface area contributed by atoms with Crippen molar-refractivity contribution in [2.75, 3.05) is 26.7 Å². The lowest BCUT2D eigenvalue weighted by atomic mass is 9.81. The number of likely N-dealkylation sites (tertiary alicyclic amines) is 1. The van der Waals surface area contributed by atoms with Gasteiger partial charge in [0.25, 0.3) is 0 Å². The number of carboxylic acids is 1. The summed E-state index contributed by atoms with van der Waals surface area (Å²) in [6.45, 7) is 2.17. The Bertz CT molecular complexity index is 1220. The predicted molar refractivity (Wildman–Crippen MR) is 146 cm³/mol. The molecule has 1 aliphatic heterocycles. The lowest BCUT2D eigenvalue weighted by Crippen LogP contribution is -2.44. The van der Waals surface area contributed by atoms with Crippen LogP contribution >= 0.6 is 23.2 Å². The van der Waals surface area contributed by atoms with Gasteiger partial charge < -0.3 is 14.7 Å². The number of nitrogens with zero attached hydrogens (tertiary/aromatic N) is 2. The normalized spacial score (nSPS) is 19.1. The van der Waals surface area contributed by atoms with E-state index in [9.17, 15) is 9.90 Å². The first-order valence-corrected chi connectivity index (χ1v) is 13.6. The van der Waals surface area contributed by atoms with Crippen molar-refractivity contribution >= 4 is 40.1 Å². The van der Waals surface area contributed by atoms with Gasteiger partial charge in [-0.15, -0.1) is 0 Å². The molecule has 0 radical (unpaired) electrons. The number of aryl methyl sites for hydroxylation is 1. The molecule has 0 saturated carbocycles. The number of carbonyl (C=O) groups is 1. The van der Waals surface area contributed by atoms with Crippen LogP contribution in [0.25, 0.3) is 10.9 Å².